The van der Waals surface area contributed by atoms with Gasteiger partial charge in [0, 0.05) is 23.2 Å². The number of amides is 1. The molecule has 5 heterocycles. The van der Waals surface area contributed by atoms with Gasteiger partial charge in [-0.2, -0.15) is 10.2 Å². The summed E-state index contributed by atoms with van der Waals surface area (Å²) in [6.45, 7) is 3.44. The molecule has 0 aliphatic carbocycles. The molecule has 4 aromatic heterocycles. The Hall–Kier alpha value is -3.63. The van der Waals surface area contributed by atoms with E-state index in [1.165, 1.54) is 11.2 Å². The molecule has 0 bridgehead atoms. The number of hydrogen-bond acceptors (Lipinski definition) is 8. The van der Waals surface area contributed by atoms with Gasteiger partial charge in [-0.05, 0) is 54.9 Å². The first-order valence-corrected chi connectivity index (χ1v) is 12.4. The highest BCUT2D eigenvalue weighted by molar-refractivity contribution is 7.12. The van der Waals surface area contributed by atoms with Gasteiger partial charge in [0.15, 0.2) is 12.4 Å². The van der Waals surface area contributed by atoms with Crippen LogP contribution in [0.1, 0.15) is 44.0 Å². The van der Waals surface area contributed by atoms with Crippen molar-refractivity contribution in [1.82, 2.24) is 19.8 Å². The molecule has 0 aromatic carbocycles. The maximum Gasteiger partial charge on any atom is 0.340 e. The Morgan fingerprint density at radius 1 is 1.12 bits per heavy atom. The quantitative estimate of drug-likeness (QED) is 0.370. The van der Waals surface area contributed by atoms with Crippen molar-refractivity contribution < 1.29 is 14.3 Å². The SMILES string of the molecule is Cc1cc(C)n(-c2ccc(C(=O)OCC(=O)N3N=C(c4cccs4)CC3c3cccs3)cn2)n1. The van der Waals surface area contributed by atoms with Crippen LogP contribution < -0.4 is 0 Å². The Morgan fingerprint density at radius 3 is 2.59 bits per heavy atom. The second kappa shape index (κ2) is 9.32. The molecule has 5 rings (SSSR count). The van der Waals surface area contributed by atoms with Crippen molar-refractivity contribution in [2.45, 2.75) is 26.3 Å². The van der Waals surface area contributed by atoms with Crippen LogP contribution in [0.15, 0.2) is 64.5 Å². The second-order valence-corrected chi connectivity index (χ2v) is 9.74. The van der Waals surface area contributed by atoms with Gasteiger partial charge in [0.2, 0.25) is 0 Å². The lowest BCUT2D eigenvalue weighted by Crippen LogP contribution is -2.31. The van der Waals surface area contributed by atoms with Crippen molar-refractivity contribution in [2.24, 2.45) is 5.10 Å². The number of thiophene rings is 2. The van der Waals surface area contributed by atoms with Crippen molar-refractivity contribution in [3.8, 4) is 5.82 Å². The third kappa shape index (κ3) is 4.42. The summed E-state index contributed by atoms with van der Waals surface area (Å²) >= 11 is 3.16. The molecule has 0 radical (unpaired) electrons. The molecule has 0 spiro atoms. The first-order chi connectivity index (χ1) is 16.5. The summed E-state index contributed by atoms with van der Waals surface area (Å²) in [6, 6.07) is 13.0. The van der Waals surface area contributed by atoms with Crippen LogP contribution in [0.3, 0.4) is 0 Å². The highest BCUT2D eigenvalue weighted by atomic mass is 32.1. The number of hydrogen-bond donors (Lipinski definition) is 0. The fourth-order valence-electron chi connectivity index (χ4n) is 3.80. The van der Waals surface area contributed by atoms with Crippen LogP contribution in [0, 0.1) is 13.8 Å². The fraction of sp³-hybridized carbons (Fsp3) is 0.208. The average Bonchev–Trinajstić information content (AvgIpc) is 3.64. The number of aromatic nitrogens is 3. The molecule has 4 aromatic rings. The minimum absolute atomic E-state index is 0.204. The zero-order chi connectivity index (χ0) is 23.7. The van der Waals surface area contributed by atoms with Crippen LogP contribution in [-0.2, 0) is 9.53 Å². The summed E-state index contributed by atoms with van der Waals surface area (Å²) in [6.07, 6.45) is 2.05. The third-order valence-electron chi connectivity index (χ3n) is 5.38. The highest BCUT2D eigenvalue weighted by Gasteiger charge is 2.34. The van der Waals surface area contributed by atoms with Crippen LogP contribution in [0.4, 0.5) is 0 Å². The minimum atomic E-state index is -0.616. The Morgan fingerprint density at radius 2 is 1.94 bits per heavy atom. The molecule has 0 fully saturated rings. The van der Waals surface area contributed by atoms with Gasteiger partial charge in [-0.1, -0.05) is 12.1 Å². The maximum atomic E-state index is 13.0. The Labute approximate surface area is 204 Å². The second-order valence-electron chi connectivity index (χ2n) is 7.82. The summed E-state index contributed by atoms with van der Waals surface area (Å²) in [4.78, 5) is 31.9. The predicted molar refractivity (Wildman–Crippen MR) is 130 cm³/mol. The van der Waals surface area contributed by atoms with Crippen LogP contribution in [0.25, 0.3) is 5.82 Å². The van der Waals surface area contributed by atoms with Crippen LogP contribution in [-0.4, -0.2) is 44.0 Å². The van der Waals surface area contributed by atoms with Gasteiger partial charge in [0.1, 0.15) is 0 Å². The number of esters is 1. The molecular formula is C24H21N5O3S2. The zero-order valence-electron chi connectivity index (χ0n) is 18.5. The van der Waals surface area contributed by atoms with Gasteiger partial charge in [-0.3, -0.25) is 4.79 Å². The third-order valence-corrected chi connectivity index (χ3v) is 7.27. The Balaban J connectivity index is 1.27. The minimum Gasteiger partial charge on any atom is -0.452 e. The number of carbonyl (C=O) groups is 2. The standard InChI is InChI=1S/C24H21N5O3S2/c1-15-11-16(2)28(26-15)22-8-7-17(13-25-22)24(31)32-14-23(30)29-19(21-6-4-10-34-21)12-18(27-29)20-5-3-9-33-20/h3-11,13,19H,12,14H2,1-2H3. The van der Waals surface area contributed by atoms with E-state index in [2.05, 4.69) is 15.2 Å². The van der Waals surface area contributed by atoms with E-state index in [0.717, 1.165) is 26.9 Å². The number of rotatable bonds is 6. The molecule has 34 heavy (non-hydrogen) atoms. The monoisotopic (exact) mass is 491 g/mol. The first-order valence-electron chi connectivity index (χ1n) is 10.6. The van der Waals surface area contributed by atoms with E-state index < -0.39 is 12.6 Å². The lowest BCUT2D eigenvalue weighted by molar-refractivity contribution is -0.136. The molecule has 0 N–H and O–H groups in total. The molecule has 8 nitrogen and oxygen atoms in total. The Kier molecular flexibility index (Phi) is 6.08. The van der Waals surface area contributed by atoms with Crippen molar-refractivity contribution in [2.75, 3.05) is 6.61 Å². The van der Waals surface area contributed by atoms with Crippen LogP contribution in [0.2, 0.25) is 0 Å². The van der Waals surface area contributed by atoms with E-state index in [1.807, 2.05) is 54.9 Å². The molecule has 0 saturated heterocycles. The van der Waals surface area contributed by atoms with Gasteiger partial charge < -0.3 is 4.74 Å². The molecule has 1 aliphatic heterocycles. The van der Waals surface area contributed by atoms with Gasteiger partial charge in [0.25, 0.3) is 5.91 Å². The normalized spacial score (nSPS) is 15.4. The topological polar surface area (TPSA) is 89.7 Å². The summed E-state index contributed by atoms with van der Waals surface area (Å²) < 4.78 is 7.02. The van der Waals surface area contributed by atoms with E-state index in [4.69, 9.17) is 4.74 Å². The largest absolute Gasteiger partial charge is 0.452 e. The lowest BCUT2D eigenvalue weighted by atomic mass is 10.1. The van der Waals surface area contributed by atoms with Crippen molar-refractivity contribution >= 4 is 40.3 Å². The average molecular weight is 492 g/mol. The van der Waals surface area contributed by atoms with Crippen molar-refractivity contribution in [3.05, 3.63) is 86.1 Å². The number of pyridine rings is 1. The van der Waals surface area contributed by atoms with E-state index in [9.17, 15) is 9.59 Å². The number of carbonyl (C=O) groups excluding carboxylic acids is 2. The molecule has 1 aliphatic rings. The summed E-state index contributed by atoms with van der Waals surface area (Å²) in [5.41, 5.74) is 2.95. The molecule has 1 unspecified atom stereocenters. The number of aryl methyl sites for hydroxylation is 2. The van der Waals surface area contributed by atoms with E-state index in [-0.39, 0.29) is 17.5 Å². The van der Waals surface area contributed by atoms with Crippen molar-refractivity contribution in [3.63, 3.8) is 0 Å². The van der Waals surface area contributed by atoms with Gasteiger partial charge in [-0.25, -0.2) is 19.5 Å². The maximum absolute atomic E-state index is 13.0. The van der Waals surface area contributed by atoms with Crippen LogP contribution >= 0.6 is 22.7 Å². The predicted octanol–water partition coefficient (Wildman–Crippen LogP) is 4.54. The lowest BCUT2D eigenvalue weighted by Gasteiger charge is -2.20. The fourth-order valence-corrected chi connectivity index (χ4v) is 5.34. The van der Waals surface area contributed by atoms with E-state index >= 15 is 0 Å². The summed E-state index contributed by atoms with van der Waals surface area (Å²) in [5, 5.41) is 14.4. The Bertz CT molecular complexity index is 1340. The first kappa shape index (κ1) is 22.2. The number of nitrogens with zero attached hydrogens (tertiary/aromatic N) is 5. The highest BCUT2D eigenvalue weighted by Crippen LogP contribution is 2.35. The molecule has 1 amide bonds. The summed E-state index contributed by atoms with van der Waals surface area (Å²) in [5.74, 6) is -0.384. The van der Waals surface area contributed by atoms with Gasteiger partial charge in [-0.15, -0.1) is 22.7 Å². The van der Waals surface area contributed by atoms with E-state index in [0.29, 0.717) is 12.2 Å². The molecule has 1 atom stereocenters. The molecule has 172 valence electrons. The summed E-state index contributed by atoms with van der Waals surface area (Å²) in [7, 11) is 0. The molecular weight excluding hydrogens is 470 g/mol. The van der Waals surface area contributed by atoms with Gasteiger partial charge in [0.05, 0.1) is 27.9 Å². The zero-order valence-corrected chi connectivity index (χ0v) is 20.2. The van der Waals surface area contributed by atoms with Crippen LogP contribution in [0.5, 0.6) is 0 Å². The molecule has 0 saturated carbocycles. The van der Waals surface area contributed by atoms with Gasteiger partial charge >= 0.3 is 5.97 Å². The van der Waals surface area contributed by atoms with Crippen molar-refractivity contribution in [1.29, 1.82) is 0 Å². The van der Waals surface area contributed by atoms with E-state index in [1.54, 1.807) is 39.5 Å². The smallest absolute Gasteiger partial charge is 0.340 e. The molecule has 10 heteroatoms. The number of hydrazone groups is 1. The number of ether oxygens (including phenoxy) is 1.